The van der Waals surface area contributed by atoms with Crippen molar-refractivity contribution in [3.05, 3.63) is 52.5 Å². The maximum atomic E-state index is 11.8. The molecular weight excluding hydrogens is 288 g/mol. The highest BCUT2D eigenvalue weighted by Crippen LogP contribution is 2.30. The van der Waals surface area contributed by atoms with Gasteiger partial charge in [0, 0.05) is 11.4 Å². The van der Waals surface area contributed by atoms with Gasteiger partial charge in [-0.15, -0.1) is 0 Å². The molecule has 0 saturated carbocycles. The van der Waals surface area contributed by atoms with Gasteiger partial charge in [0.25, 0.3) is 0 Å². The van der Waals surface area contributed by atoms with Gasteiger partial charge in [0.15, 0.2) is 0 Å². The molecule has 0 saturated heterocycles. The number of hydrogen-bond donors (Lipinski definition) is 2. The maximum absolute atomic E-state index is 11.8. The van der Waals surface area contributed by atoms with E-state index in [2.05, 4.69) is 5.32 Å². The lowest BCUT2D eigenvalue weighted by molar-refractivity contribution is 0.0527. The van der Waals surface area contributed by atoms with Crippen molar-refractivity contribution in [2.45, 2.75) is 13.8 Å². The highest BCUT2D eigenvalue weighted by molar-refractivity contribution is 6.33. The Bertz CT molecular complexity index is 651. The molecule has 5 heteroatoms. The van der Waals surface area contributed by atoms with Crippen molar-refractivity contribution in [1.82, 2.24) is 0 Å². The Hall–Kier alpha value is -2.20. The number of carbonyl (C=O) groups excluding carboxylic acids is 1. The number of ether oxygens (including phenoxy) is 1. The third-order valence-electron chi connectivity index (χ3n) is 3.04. The molecule has 0 atom stereocenters. The second-order valence-electron chi connectivity index (χ2n) is 4.58. The minimum absolute atomic E-state index is 0.305. The molecule has 0 unspecified atom stereocenters. The fraction of sp³-hybridized carbons (Fsp3) is 0.188. The van der Waals surface area contributed by atoms with Crippen LogP contribution in [0.2, 0.25) is 5.02 Å². The van der Waals surface area contributed by atoms with Crippen LogP contribution < -0.4 is 11.1 Å². The lowest BCUT2D eigenvalue weighted by Crippen LogP contribution is -2.08. The number of nitrogen functional groups attached to an aromatic ring is 1. The van der Waals surface area contributed by atoms with Crippen molar-refractivity contribution in [3.63, 3.8) is 0 Å². The Morgan fingerprint density at radius 2 is 2.10 bits per heavy atom. The van der Waals surface area contributed by atoms with E-state index in [-0.39, 0.29) is 0 Å². The number of benzene rings is 2. The average Bonchev–Trinajstić information content (AvgIpc) is 2.45. The fourth-order valence-electron chi connectivity index (χ4n) is 1.95. The molecular formula is C16H17ClN2O2. The van der Waals surface area contributed by atoms with Crippen molar-refractivity contribution < 1.29 is 9.53 Å². The van der Waals surface area contributed by atoms with E-state index in [9.17, 15) is 4.79 Å². The van der Waals surface area contributed by atoms with Gasteiger partial charge in [-0.25, -0.2) is 4.79 Å². The van der Waals surface area contributed by atoms with Gasteiger partial charge < -0.3 is 15.8 Å². The van der Waals surface area contributed by atoms with Crippen LogP contribution in [0.25, 0.3) is 0 Å². The smallest absolute Gasteiger partial charge is 0.340 e. The predicted octanol–water partition coefficient (Wildman–Crippen LogP) is 4.15. The van der Waals surface area contributed by atoms with E-state index in [0.29, 0.717) is 22.9 Å². The van der Waals surface area contributed by atoms with Gasteiger partial charge in [-0.3, -0.25) is 0 Å². The van der Waals surface area contributed by atoms with Crippen LogP contribution >= 0.6 is 11.6 Å². The quantitative estimate of drug-likeness (QED) is 0.658. The van der Waals surface area contributed by atoms with Crippen molar-refractivity contribution in [2.24, 2.45) is 0 Å². The zero-order valence-electron chi connectivity index (χ0n) is 11.9. The molecule has 2 rings (SSSR count). The Morgan fingerprint density at radius 1 is 1.33 bits per heavy atom. The molecule has 0 aromatic heterocycles. The van der Waals surface area contributed by atoms with Crippen LogP contribution in [-0.2, 0) is 4.74 Å². The van der Waals surface area contributed by atoms with E-state index < -0.39 is 5.97 Å². The Morgan fingerprint density at radius 3 is 2.76 bits per heavy atom. The summed E-state index contributed by atoms with van der Waals surface area (Å²) >= 11 is 6.18. The molecule has 0 aliphatic carbocycles. The molecule has 0 aliphatic rings. The summed E-state index contributed by atoms with van der Waals surface area (Å²) in [7, 11) is 0. The minimum atomic E-state index is -0.436. The SMILES string of the molecule is CCOC(=O)c1cc(Nc2c(C)cccc2Cl)ccc1N. The normalized spacial score (nSPS) is 10.2. The number of nitrogens with one attached hydrogen (secondary N) is 1. The summed E-state index contributed by atoms with van der Waals surface area (Å²) in [5, 5.41) is 3.83. The van der Waals surface area contributed by atoms with Crippen LogP contribution in [-0.4, -0.2) is 12.6 Å². The summed E-state index contributed by atoms with van der Waals surface area (Å²) in [6, 6.07) is 10.8. The van der Waals surface area contributed by atoms with Gasteiger partial charge in [-0.2, -0.15) is 0 Å². The second kappa shape index (κ2) is 6.50. The van der Waals surface area contributed by atoms with Gasteiger partial charge in [-0.05, 0) is 43.7 Å². The summed E-state index contributed by atoms with van der Waals surface area (Å²) in [5.41, 5.74) is 9.08. The van der Waals surface area contributed by atoms with Crippen LogP contribution in [0.15, 0.2) is 36.4 Å². The maximum Gasteiger partial charge on any atom is 0.340 e. The molecule has 0 heterocycles. The van der Waals surface area contributed by atoms with Crippen LogP contribution in [0.1, 0.15) is 22.8 Å². The number of para-hydroxylation sites is 1. The largest absolute Gasteiger partial charge is 0.462 e. The molecule has 0 aliphatic heterocycles. The van der Waals surface area contributed by atoms with E-state index in [1.54, 1.807) is 31.2 Å². The Kier molecular flexibility index (Phi) is 4.70. The van der Waals surface area contributed by atoms with Gasteiger partial charge in [0.1, 0.15) is 0 Å². The van der Waals surface area contributed by atoms with Gasteiger partial charge in [0.2, 0.25) is 0 Å². The minimum Gasteiger partial charge on any atom is -0.462 e. The first-order valence-corrected chi connectivity index (χ1v) is 6.99. The molecule has 4 nitrogen and oxygen atoms in total. The topological polar surface area (TPSA) is 64.3 Å². The van der Waals surface area contributed by atoms with Crippen molar-refractivity contribution >= 4 is 34.6 Å². The van der Waals surface area contributed by atoms with E-state index >= 15 is 0 Å². The Labute approximate surface area is 128 Å². The van der Waals surface area contributed by atoms with E-state index in [1.807, 2.05) is 19.1 Å². The molecule has 2 aromatic rings. The summed E-state index contributed by atoms with van der Waals surface area (Å²) in [6.45, 7) is 4.01. The van der Waals surface area contributed by atoms with Crippen molar-refractivity contribution in [3.8, 4) is 0 Å². The first-order chi connectivity index (χ1) is 10.0. The van der Waals surface area contributed by atoms with Crippen molar-refractivity contribution in [2.75, 3.05) is 17.7 Å². The zero-order chi connectivity index (χ0) is 15.4. The summed E-state index contributed by atoms with van der Waals surface area (Å²) in [4.78, 5) is 11.8. The number of carbonyl (C=O) groups is 1. The average molecular weight is 305 g/mol. The molecule has 0 radical (unpaired) electrons. The third kappa shape index (κ3) is 3.47. The molecule has 0 bridgehead atoms. The van der Waals surface area contributed by atoms with Crippen LogP contribution in [0, 0.1) is 6.92 Å². The lowest BCUT2D eigenvalue weighted by atomic mass is 10.1. The number of aryl methyl sites for hydroxylation is 1. The molecule has 110 valence electrons. The molecule has 21 heavy (non-hydrogen) atoms. The molecule has 0 spiro atoms. The summed E-state index contributed by atoms with van der Waals surface area (Å²) in [5.74, 6) is -0.436. The van der Waals surface area contributed by atoms with E-state index in [1.165, 1.54) is 0 Å². The highest BCUT2D eigenvalue weighted by atomic mass is 35.5. The number of nitrogens with two attached hydrogens (primary N) is 1. The van der Waals surface area contributed by atoms with Crippen LogP contribution in [0.4, 0.5) is 17.1 Å². The predicted molar refractivity (Wildman–Crippen MR) is 86.3 cm³/mol. The van der Waals surface area contributed by atoms with Gasteiger partial charge >= 0.3 is 5.97 Å². The molecule has 0 fully saturated rings. The summed E-state index contributed by atoms with van der Waals surface area (Å²) in [6.07, 6.45) is 0. The molecule has 0 amide bonds. The first-order valence-electron chi connectivity index (χ1n) is 6.61. The van der Waals surface area contributed by atoms with Crippen LogP contribution in [0.3, 0.4) is 0 Å². The number of anilines is 3. The lowest BCUT2D eigenvalue weighted by Gasteiger charge is -2.13. The third-order valence-corrected chi connectivity index (χ3v) is 3.35. The van der Waals surface area contributed by atoms with Gasteiger partial charge in [-0.1, -0.05) is 23.7 Å². The standard InChI is InChI=1S/C16H17ClN2O2/c1-3-21-16(20)12-9-11(7-8-14(12)18)19-15-10(2)5-4-6-13(15)17/h4-9,19H,3,18H2,1-2H3. The van der Waals surface area contributed by atoms with E-state index in [0.717, 1.165) is 16.9 Å². The summed E-state index contributed by atoms with van der Waals surface area (Å²) < 4.78 is 4.99. The number of esters is 1. The number of halogens is 1. The second-order valence-corrected chi connectivity index (χ2v) is 4.99. The molecule has 2 aromatic carbocycles. The van der Waals surface area contributed by atoms with Crippen LogP contribution in [0.5, 0.6) is 0 Å². The highest BCUT2D eigenvalue weighted by Gasteiger charge is 2.12. The van der Waals surface area contributed by atoms with E-state index in [4.69, 9.17) is 22.1 Å². The number of hydrogen-bond acceptors (Lipinski definition) is 4. The molecule has 3 N–H and O–H groups in total. The van der Waals surface area contributed by atoms with Crippen molar-refractivity contribution in [1.29, 1.82) is 0 Å². The first kappa shape index (κ1) is 15.2. The zero-order valence-corrected chi connectivity index (χ0v) is 12.7. The number of rotatable bonds is 4. The fourth-order valence-corrected chi connectivity index (χ4v) is 2.22. The Balaban J connectivity index is 2.33. The van der Waals surface area contributed by atoms with Gasteiger partial charge in [0.05, 0.1) is 22.9 Å². The monoisotopic (exact) mass is 304 g/mol.